The number of benzene rings is 11. The van der Waals surface area contributed by atoms with Crippen molar-refractivity contribution in [3.05, 3.63) is 261 Å². The maximum Gasteiger partial charge on any atom is 0.145 e. The number of hydrogen-bond donors (Lipinski definition) is 0. The topological polar surface area (TPSA) is 16.4 Å². The van der Waals surface area contributed by atoms with Gasteiger partial charge in [-0.05, 0) is 121 Å². The molecule has 1 aromatic heterocycles. The molecule has 66 heavy (non-hydrogen) atoms. The molecule has 0 aliphatic heterocycles. The number of rotatable bonds is 9. The van der Waals surface area contributed by atoms with Gasteiger partial charge in [0.25, 0.3) is 0 Å². The first-order valence-electron chi connectivity index (χ1n) is 22.6. The van der Waals surface area contributed by atoms with E-state index in [4.69, 9.17) is 4.42 Å². The van der Waals surface area contributed by atoms with Gasteiger partial charge in [-0.1, -0.05) is 212 Å². The molecule has 0 radical (unpaired) electrons. The number of nitrogens with zero attached hydrogens (tertiary/aromatic N) is 1. The summed E-state index contributed by atoms with van der Waals surface area (Å²) in [4.78, 5) is 2.39. The molecule has 12 aromatic rings. The second kappa shape index (κ2) is 16.8. The lowest BCUT2D eigenvalue weighted by molar-refractivity contribution is 0.670. The fourth-order valence-electron chi connectivity index (χ4n) is 9.77. The molecule has 1 heterocycles. The van der Waals surface area contributed by atoms with E-state index in [9.17, 15) is 0 Å². The van der Waals surface area contributed by atoms with Gasteiger partial charge in [-0.25, -0.2) is 0 Å². The van der Waals surface area contributed by atoms with E-state index in [1.807, 2.05) is 0 Å². The van der Waals surface area contributed by atoms with E-state index in [-0.39, 0.29) is 0 Å². The van der Waals surface area contributed by atoms with Crippen molar-refractivity contribution in [3.63, 3.8) is 0 Å². The lowest BCUT2D eigenvalue weighted by Crippen LogP contribution is -2.10. The number of anilines is 3. The van der Waals surface area contributed by atoms with Crippen LogP contribution in [0, 0.1) is 0 Å². The zero-order valence-electron chi connectivity index (χ0n) is 36.2. The number of hydrogen-bond acceptors (Lipinski definition) is 2. The average molecular weight is 842 g/mol. The standard InChI is InChI=1S/C64H43NO/c1-4-17-44(18-5-1)45-33-37-52(38-34-45)65(53-39-35-46(36-40-53)50-25-14-26-51(43-50)55-28-11-10-27-54(55)47-19-6-2-7-20-47)60-42-41-58(64-63(60)59-29-12-13-32-61(59)66-64)57-31-16-24-49-23-15-30-56(62(49)57)48-21-8-3-9-22-48/h1-43H. The lowest BCUT2D eigenvalue weighted by atomic mass is 9.90. The normalized spacial score (nSPS) is 11.3. The predicted molar refractivity (Wildman–Crippen MR) is 279 cm³/mol. The molecule has 2 nitrogen and oxygen atoms in total. The van der Waals surface area contributed by atoms with Crippen LogP contribution in [0.2, 0.25) is 0 Å². The van der Waals surface area contributed by atoms with E-state index in [0.29, 0.717) is 0 Å². The molecule has 0 atom stereocenters. The van der Waals surface area contributed by atoms with E-state index in [2.05, 4.69) is 266 Å². The molecule has 0 spiro atoms. The molecule has 310 valence electrons. The Hall–Kier alpha value is -8.72. The van der Waals surface area contributed by atoms with Crippen molar-refractivity contribution in [3.8, 4) is 66.8 Å². The molecule has 0 bridgehead atoms. The fraction of sp³-hybridized carbons (Fsp3) is 0. The van der Waals surface area contributed by atoms with Crippen LogP contribution in [-0.2, 0) is 0 Å². The van der Waals surface area contributed by atoms with Crippen LogP contribution in [0.1, 0.15) is 0 Å². The molecule has 0 N–H and O–H groups in total. The Morgan fingerprint density at radius 1 is 0.273 bits per heavy atom. The minimum atomic E-state index is 0.855. The average Bonchev–Trinajstić information content (AvgIpc) is 3.80. The molecule has 0 aliphatic rings. The van der Waals surface area contributed by atoms with E-state index >= 15 is 0 Å². The zero-order valence-corrected chi connectivity index (χ0v) is 36.2. The zero-order chi connectivity index (χ0) is 43.8. The molecule has 11 aromatic carbocycles. The van der Waals surface area contributed by atoms with Crippen LogP contribution in [0.5, 0.6) is 0 Å². The van der Waals surface area contributed by atoms with Gasteiger partial charge in [0.05, 0.1) is 11.1 Å². The Bertz CT molecular complexity index is 3660. The molecule has 0 fully saturated rings. The minimum absolute atomic E-state index is 0.855. The Balaban J connectivity index is 1.02. The summed E-state index contributed by atoms with van der Waals surface area (Å²) < 4.78 is 7.01. The molecule has 0 unspecified atom stereocenters. The van der Waals surface area contributed by atoms with Gasteiger partial charge in [0.2, 0.25) is 0 Å². The van der Waals surface area contributed by atoms with E-state index in [0.717, 1.165) is 55.7 Å². The molecule has 0 aliphatic carbocycles. The van der Waals surface area contributed by atoms with Crippen LogP contribution < -0.4 is 4.90 Å². The van der Waals surface area contributed by atoms with Gasteiger partial charge in [-0.15, -0.1) is 0 Å². The molecule has 2 heteroatoms. The van der Waals surface area contributed by atoms with Crippen molar-refractivity contribution in [1.82, 2.24) is 0 Å². The highest BCUT2D eigenvalue weighted by atomic mass is 16.3. The highest BCUT2D eigenvalue weighted by Crippen LogP contribution is 2.48. The molecule has 0 saturated carbocycles. The molecule has 12 rings (SSSR count). The van der Waals surface area contributed by atoms with Crippen LogP contribution in [0.3, 0.4) is 0 Å². The third kappa shape index (κ3) is 7.02. The summed E-state index contributed by atoms with van der Waals surface area (Å²) in [6, 6.07) is 93.6. The number of furan rings is 1. The second-order valence-electron chi connectivity index (χ2n) is 16.8. The highest BCUT2D eigenvalue weighted by Gasteiger charge is 2.24. The van der Waals surface area contributed by atoms with Gasteiger partial charge in [0.15, 0.2) is 0 Å². The summed E-state index contributed by atoms with van der Waals surface area (Å²) in [5, 5.41) is 4.53. The van der Waals surface area contributed by atoms with Crippen molar-refractivity contribution in [2.24, 2.45) is 0 Å². The third-order valence-electron chi connectivity index (χ3n) is 12.9. The largest absolute Gasteiger partial charge is 0.455 e. The minimum Gasteiger partial charge on any atom is -0.455 e. The van der Waals surface area contributed by atoms with Gasteiger partial charge >= 0.3 is 0 Å². The predicted octanol–water partition coefficient (Wildman–Crippen LogP) is 18.2. The van der Waals surface area contributed by atoms with E-state index in [1.165, 1.54) is 60.8 Å². The first-order valence-corrected chi connectivity index (χ1v) is 22.6. The van der Waals surface area contributed by atoms with E-state index < -0.39 is 0 Å². The number of para-hydroxylation sites is 1. The maximum atomic E-state index is 7.01. The summed E-state index contributed by atoms with van der Waals surface area (Å²) in [5.41, 5.74) is 18.9. The SMILES string of the molecule is c1ccc(-c2ccc(N(c3ccc(-c4cccc(-c5ccccc5-c5ccccc5)c4)cc3)c3ccc(-c4cccc5cccc(-c6ccccc6)c45)c4oc5ccccc5c34)cc2)cc1. The van der Waals surface area contributed by atoms with Gasteiger partial charge in [0, 0.05) is 22.3 Å². The van der Waals surface area contributed by atoms with Crippen molar-refractivity contribution in [2.45, 2.75) is 0 Å². The molecular weight excluding hydrogens is 799 g/mol. The van der Waals surface area contributed by atoms with Gasteiger partial charge in [-0.2, -0.15) is 0 Å². The maximum absolute atomic E-state index is 7.01. The Labute approximate surface area is 384 Å². The van der Waals surface area contributed by atoms with Crippen LogP contribution in [0.15, 0.2) is 265 Å². The summed E-state index contributed by atoms with van der Waals surface area (Å²) in [5.74, 6) is 0. The molecular formula is C64H43NO. The van der Waals surface area contributed by atoms with Crippen molar-refractivity contribution >= 4 is 49.8 Å². The van der Waals surface area contributed by atoms with Gasteiger partial charge < -0.3 is 9.32 Å². The highest BCUT2D eigenvalue weighted by molar-refractivity contribution is 6.19. The fourth-order valence-corrected chi connectivity index (χ4v) is 9.77. The second-order valence-corrected chi connectivity index (χ2v) is 16.8. The summed E-state index contributed by atoms with van der Waals surface area (Å²) >= 11 is 0. The summed E-state index contributed by atoms with van der Waals surface area (Å²) in [7, 11) is 0. The van der Waals surface area contributed by atoms with Crippen molar-refractivity contribution < 1.29 is 4.42 Å². The van der Waals surface area contributed by atoms with Crippen molar-refractivity contribution in [1.29, 1.82) is 0 Å². The summed E-state index contributed by atoms with van der Waals surface area (Å²) in [6.07, 6.45) is 0. The van der Waals surface area contributed by atoms with Gasteiger partial charge in [-0.3, -0.25) is 0 Å². The lowest BCUT2D eigenvalue weighted by Gasteiger charge is -2.27. The van der Waals surface area contributed by atoms with Crippen LogP contribution in [0.25, 0.3) is 99.5 Å². The van der Waals surface area contributed by atoms with Crippen LogP contribution >= 0.6 is 0 Å². The van der Waals surface area contributed by atoms with E-state index in [1.54, 1.807) is 0 Å². The third-order valence-corrected chi connectivity index (χ3v) is 12.9. The first-order chi connectivity index (χ1) is 32.7. The summed E-state index contributed by atoms with van der Waals surface area (Å²) in [6.45, 7) is 0. The Morgan fingerprint density at radius 3 is 1.41 bits per heavy atom. The molecule has 0 amide bonds. The quantitative estimate of drug-likeness (QED) is 0.144. The number of fused-ring (bicyclic) bond motifs is 4. The smallest absolute Gasteiger partial charge is 0.145 e. The van der Waals surface area contributed by atoms with Gasteiger partial charge in [0.1, 0.15) is 11.2 Å². The molecule has 0 saturated heterocycles. The van der Waals surface area contributed by atoms with Crippen molar-refractivity contribution in [2.75, 3.05) is 4.90 Å². The first kappa shape index (κ1) is 38.9. The van der Waals surface area contributed by atoms with Crippen LogP contribution in [0.4, 0.5) is 17.1 Å². The monoisotopic (exact) mass is 841 g/mol. The Morgan fingerprint density at radius 2 is 0.742 bits per heavy atom. The Kier molecular flexibility index (Phi) is 9.89. The van der Waals surface area contributed by atoms with Crippen LogP contribution in [-0.4, -0.2) is 0 Å².